The number of hydrogen-bond acceptors (Lipinski definition) is 5. The molecule has 0 unspecified atom stereocenters. The molecule has 7 nitrogen and oxygen atoms in total. The van der Waals surface area contributed by atoms with Crippen molar-refractivity contribution in [2.45, 2.75) is 6.18 Å². The maximum Gasteiger partial charge on any atom is 0.416 e. The number of alkyl halides is 3. The van der Waals surface area contributed by atoms with Crippen molar-refractivity contribution in [2.75, 3.05) is 17.3 Å². The van der Waals surface area contributed by atoms with Crippen LogP contribution in [0.2, 0.25) is 0 Å². The molecule has 3 rings (SSSR count). The van der Waals surface area contributed by atoms with Crippen molar-refractivity contribution in [1.29, 1.82) is 0 Å². The molecule has 0 saturated carbocycles. The molecule has 0 spiro atoms. The van der Waals surface area contributed by atoms with Gasteiger partial charge in [0.15, 0.2) is 15.5 Å². The Hall–Kier alpha value is -2.95. The lowest BCUT2D eigenvalue weighted by Gasteiger charge is -2.08. The molecular formula is C16H13F3N4O3S. The Morgan fingerprint density at radius 2 is 1.93 bits per heavy atom. The highest BCUT2D eigenvalue weighted by atomic mass is 32.2. The number of nitrogens with zero attached hydrogens (tertiary/aromatic N) is 3. The van der Waals surface area contributed by atoms with Gasteiger partial charge in [-0.2, -0.15) is 18.2 Å². The summed E-state index contributed by atoms with van der Waals surface area (Å²) in [5.41, 5.74) is 0.366. The Kier molecular flexibility index (Phi) is 4.64. The molecule has 3 aromatic rings. The molecule has 0 aliphatic rings. The number of hydrogen-bond donors (Lipinski definition) is 1. The van der Waals surface area contributed by atoms with Gasteiger partial charge in [-0.25, -0.2) is 12.9 Å². The predicted molar refractivity (Wildman–Crippen MR) is 91.8 cm³/mol. The molecule has 1 aromatic carbocycles. The topological polar surface area (TPSA) is 93.4 Å². The number of aromatic nitrogens is 3. The van der Waals surface area contributed by atoms with E-state index in [0.717, 1.165) is 18.4 Å². The lowest BCUT2D eigenvalue weighted by Crippen LogP contribution is -2.22. The smallest absolute Gasteiger partial charge is 0.292 e. The van der Waals surface area contributed by atoms with Gasteiger partial charge in [0, 0.05) is 18.0 Å². The minimum Gasteiger partial charge on any atom is -0.292 e. The summed E-state index contributed by atoms with van der Waals surface area (Å²) in [5.74, 6) is -1.60. The number of carbonyl (C=O) groups is 1. The molecule has 0 fully saturated rings. The molecule has 0 bridgehead atoms. The average Bonchev–Trinajstić information content (AvgIpc) is 2.93. The first kappa shape index (κ1) is 18.8. The Bertz CT molecular complexity index is 1120. The van der Waals surface area contributed by atoms with E-state index in [9.17, 15) is 26.4 Å². The molecule has 0 atom stereocenters. The van der Waals surface area contributed by atoms with Gasteiger partial charge in [-0.1, -0.05) is 12.1 Å². The number of carbonyl (C=O) groups excluding carboxylic acids is 1. The van der Waals surface area contributed by atoms with E-state index < -0.39 is 33.2 Å². The van der Waals surface area contributed by atoms with Crippen molar-refractivity contribution >= 4 is 27.3 Å². The van der Waals surface area contributed by atoms with Crippen LogP contribution in [0.5, 0.6) is 0 Å². The summed E-state index contributed by atoms with van der Waals surface area (Å²) in [6.45, 7) is 0. The molecule has 27 heavy (non-hydrogen) atoms. The Morgan fingerprint density at radius 1 is 1.19 bits per heavy atom. The summed E-state index contributed by atoms with van der Waals surface area (Å²) < 4.78 is 62.1. The standard InChI is InChI=1S/C16H13F3N4O3S/c1-27(25,26)9-14(24)21-15-20-13-6-5-11(8-23(13)22-15)10-3-2-4-12(7-10)16(17,18)19/h2-8H,9H2,1H3,(H,21,22,24). The van der Waals surface area contributed by atoms with Gasteiger partial charge < -0.3 is 0 Å². The van der Waals surface area contributed by atoms with Crippen LogP contribution in [0.25, 0.3) is 16.8 Å². The average molecular weight is 398 g/mol. The van der Waals surface area contributed by atoms with E-state index >= 15 is 0 Å². The highest BCUT2D eigenvalue weighted by molar-refractivity contribution is 7.91. The number of halogens is 3. The number of sulfone groups is 1. The molecule has 2 aromatic heterocycles. The predicted octanol–water partition coefficient (Wildman–Crippen LogP) is 2.40. The van der Waals surface area contributed by atoms with E-state index in [1.54, 1.807) is 6.07 Å². The lowest BCUT2D eigenvalue weighted by atomic mass is 10.0. The molecule has 0 aliphatic heterocycles. The maximum atomic E-state index is 12.9. The number of rotatable bonds is 4. The molecule has 1 N–H and O–H groups in total. The zero-order chi connectivity index (χ0) is 19.8. The van der Waals surface area contributed by atoms with Crippen LogP contribution in [0.3, 0.4) is 0 Å². The van der Waals surface area contributed by atoms with E-state index in [1.807, 2.05) is 0 Å². The number of nitrogens with one attached hydrogen (secondary N) is 1. The van der Waals surface area contributed by atoms with E-state index in [4.69, 9.17) is 0 Å². The van der Waals surface area contributed by atoms with Crippen molar-refractivity contribution < 1.29 is 26.4 Å². The van der Waals surface area contributed by atoms with E-state index in [1.165, 1.54) is 28.9 Å². The SMILES string of the molecule is CS(=O)(=O)CC(=O)Nc1nc2ccc(-c3cccc(C(F)(F)F)c3)cn2n1. The van der Waals surface area contributed by atoms with Gasteiger partial charge >= 0.3 is 6.18 Å². The van der Waals surface area contributed by atoms with E-state index in [0.29, 0.717) is 16.8 Å². The summed E-state index contributed by atoms with van der Waals surface area (Å²) >= 11 is 0. The fourth-order valence-corrected chi connectivity index (χ4v) is 2.93. The highest BCUT2D eigenvalue weighted by Crippen LogP contribution is 2.32. The second kappa shape index (κ2) is 6.65. The van der Waals surface area contributed by atoms with Gasteiger partial charge in [-0.3, -0.25) is 10.1 Å². The molecule has 0 aliphatic carbocycles. The van der Waals surface area contributed by atoms with Crippen LogP contribution in [0.15, 0.2) is 42.6 Å². The zero-order valence-electron chi connectivity index (χ0n) is 13.9. The fourth-order valence-electron chi connectivity index (χ4n) is 2.38. The van der Waals surface area contributed by atoms with Crippen LogP contribution in [0.4, 0.5) is 19.1 Å². The Balaban J connectivity index is 1.89. The number of fused-ring (bicyclic) bond motifs is 1. The maximum absolute atomic E-state index is 12.9. The van der Waals surface area contributed by atoms with Gasteiger partial charge in [-0.15, -0.1) is 5.10 Å². The number of benzene rings is 1. The molecule has 11 heteroatoms. The first-order valence-electron chi connectivity index (χ1n) is 7.53. The van der Waals surface area contributed by atoms with E-state index in [-0.39, 0.29) is 5.95 Å². The monoisotopic (exact) mass is 398 g/mol. The van der Waals surface area contributed by atoms with Crippen molar-refractivity contribution in [1.82, 2.24) is 14.6 Å². The first-order chi connectivity index (χ1) is 12.5. The number of amides is 1. The Morgan fingerprint density at radius 3 is 2.59 bits per heavy atom. The third-order valence-electron chi connectivity index (χ3n) is 3.50. The van der Waals surface area contributed by atoms with Crippen molar-refractivity contribution in [3.63, 3.8) is 0 Å². The minimum atomic E-state index is -4.45. The lowest BCUT2D eigenvalue weighted by molar-refractivity contribution is -0.137. The largest absolute Gasteiger partial charge is 0.416 e. The third kappa shape index (κ3) is 4.61. The van der Waals surface area contributed by atoms with Gasteiger partial charge in [0.1, 0.15) is 5.75 Å². The fraction of sp³-hybridized carbons (Fsp3) is 0.188. The molecule has 142 valence electrons. The highest BCUT2D eigenvalue weighted by Gasteiger charge is 2.30. The number of anilines is 1. The van der Waals surface area contributed by atoms with Gasteiger partial charge in [0.25, 0.3) is 0 Å². The summed E-state index contributed by atoms with van der Waals surface area (Å²) in [6.07, 6.45) is -2.07. The van der Waals surface area contributed by atoms with Crippen LogP contribution >= 0.6 is 0 Å². The summed E-state index contributed by atoms with van der Waals surface area (Å²) in [6, 6.07) is 7.93. The summed E-state index contributed by atoms with van der Waals surface area (Å²) in [5, 5.41) is 6.26. The van der Waals surface area contributed by atoms with Gasteiger partial charge in [0.05, 0.1) is 5.56 Å². The Labute approximate surface area is 151 Å². The second-order valence-electron chi connectivity index (χ2n) is 5.85. The van der Waals surface area contributed by atoms with Gasteiger partial charge in [0.2, 0.25) is 11.9 Å². The molecule has 0 radical (unpaired) electrons. The summed E-state index contributed by atoms with van der Waals surface area (Å²) in [4.78, 5) is 15.7. The molecule has 2 heterocycles. The minimum absolute atomic E-state index is 0.107. The van der Waals surface area contributed by atoms with E-state index in [2.05, 4.69) is 15.4 Å². The molecule has 0 saturated heterocycles. The second-order valence-corrected chi connectivity index (χ2v) is 7.99. The van der Waals surface area contributed by atoms with Gasteiger partial charge in [-0.05, 0) is 29.8 Å². The van der Waals surface area contributed by atoms with Crippen molar-refractivity contribution in [2.24, 2.45) is 0 Å². The zero-order valence-corrected chi connectivity index (χ0v) is 14.7. The van der Waals surface area contributed by atoms with Crippen molar-refractivity contribution in [3.05, 3.63) is 48.2 Å². The normalized spacial score (nSPS) is 12.3. The van der Waals surface area contributed by atoms with Crippen LogP contribution in [-0.2, 0) is 20.8 Å². The molecule has 1 amide bonds. The van der Waals surface area contributed by atoms with Crippen LogP contribution in [0, 0.1) is 0 Å². The quantitative estimate of drug-likeness (QED) is 0.729. The number of pyridine rings is 1. The van der Waals surface area contributed by atoms with Crippen molar-refractivity contribution in [3.8, 4) is 11.1 Å². The van der Waals surface area contributed by atoms with Crippen LogP contribution < -0.4 is 5.32 Å². The summed E-state index contributed by atoms with van der Waals surface area (Å²) in [7, 11) is -3.50. The first-order valence-corrected chi connectivity index (χ1v) is 9.59. The van der Waals surface area contributed by atoms with Crippen LogP contribution in [-0.4, -0.2) is 40.9 Å². The third-order valence-corrected chi connectivity index (χ3v) is 4.29. The van der Waals surface area contributed by atoms with Crippen LogP contribution in [0.1, 0.15) is 5.56 Å². The molecular weight excluding hydrogens is 385 g/mol.